The van der Waals surface area contributed by atoms with Crippen LogP contribution in [0.4, 0.5) is 0 Å². The lowest BCUT2D eigenvalue weighted by Crippen LogP contribution is -2.23. The maximum atomic E-state index is 5.78. The van der Waals surface area contributed by atoms with E-state index in [0.29, 0.717) is 12.1 Å². The van der Waals surface area contributed by atoms with Gasteiger partial charge in [-0.25, -0.2) is 0 Å². The van der Waals surface area contributed by atoms with E-state index < -0.39 is 0 Å². The molecule has 1 unspecified atom stereocenters. The van der Waals surface area contributed by atoms with Crippen LogP contribution in [0.25, 0.3) is 11.1 Å². The van der Waals surface area contributed by atoms with Gasteiger partial charge in [-0.2, -0.15) is 0 Å². The quantitative estimate of drug-likeness (QED) is 0.862. The zero-order valence-corrected chi connectivity index (χ0v) is 12.8. The predicted molar refractivity (Wildman–Crippen MR) is 87.8 cm³/mol. The molecule has 110 valence electrons. The largest absolute Gasteiger partial charge is 0.490 e. The van der Waals surface area contributed by atoms with E-state index in [1.165, 1.54) is 29.5 Å². The molecule has 2 heteroatoms. The summed E-state index contributed by atoms with van der Waals surface area (Å²) < 4.78 is 5.78. The van der Waals surface area contributed by atoms with Crippen molar-refractivity contribution in [1.82, 2.24) is 5.32 Å². The van der Waals surface area contributed by atoms with E-state index in [4.69, 9.17) is 4.74 Å². The molecule has 0 bridgehead atoms. The molecule has 1 aliphatic carbocycles. The van der Waals surface area contributed by atoms with Gasteiger partial charge in [-0.1, -0.05) is 36.4 Å². The first-order valence-corrected chi connectivity index (χ1v) is 7.78. The summed E-state index contributed by atoms with van der Waals surface area (Å²) in [5, 5.41) is 3.27. The van der Waals surface area contributed by atoms with Crippen molar-refractivity contribution in [3.8, 4) is 16.9 Å². The molecule has 1 fully saturated rings. The molecule has 21 heavy (non-hydrogen) atoms. The van der Waals surface area contributed by atoms with Crippen LogP contribution in [0.5, 0.6) is 5.75 Å². The lowest BCUT2D eigenvalue weighted by atomic mass is 10.0. The average Bonchev–Trinajstić information content (AvgIpc) is 3.33. The molecule has 1 saturated carbocycles. The molecule has 1 N–H and O–H groups in total. The maximum Gasteiger partial charge on any atom is 0.119 e. The summed E-state index contributed by atoms with van der Waals surface area (Å²) in [5.74, 6) is 0.987. The fraction of sp³-hybridized carbons (Fsp3) is 0.368. The Hall–Kier alpha value is -1.80. The van der Waals surface area contributed by atoms with Gasteiger partial charge in [0.1, 0.15) is 5.75 Å². The van der Waals surface area contributed by atoms with Crippen LogP contribution in [0.2, 0.25) is 0 Å². The first-order valence-electron chi connectivity index (χ1n) is 7.78. The molecule has 2 aromatic rings. The van der Waals surface area contributed by atoms with Crippen LogP contribution in [0.3, 0.4) is 0 Å². The fourth-order valence-corrected chi connectivity index (χ4v) is 2.39. The Morgan fingerprint density at radius 2 is 1.57 bits per heavy atom. The molecular formula is C19H23NO. The monoisotopic (exact) mass is 281 g/mol. The standard InChI is InChI=1S/C19H23NO/c1-14(20-2)13-15-3-5-16(6-4-15)17-7-9-18(10-8-17)21-19-11-12-19/h3-10,14,19-20H,11-13H2,1-2H3. The van der Waals surface area contributed by atoms with Crippen molar-refractivity contribution in [3.05, 3.63) is 54.1 Å². The highest BCUT2D eigenvalue weighted by atomic mass is 16.5. The third kappa shape index (κ3) is 3.85. The normalized spacial score (nSPS) is 15.7. The van der Waals surface area contributed by atoms with Crippen LogP contribution in [0.15, 0.2) is 48.5 Å². The molecule has 0 amide bonds. The lowest BCUT2D eigenvalue weighted by Gasteiger charge is -2.11. The summed E-state index contributed by atoms with van der Waals surface area (Å²) in [4.78, 5) is 0. The number of rotatable bonds is 6. The Balaban J connectivity index is 1.67. The van der Waals surface area contributed by atoms with E-state index in [-0.39, 0.29) is 0 Å². The molecule has 0 saturated heterocycles. The first-order chi connectivity index (χ1) is 10.2. The van der Waals surface area contributed by atoms with Gasteiger partial charge in [-0.3, -0.25) is 0 Å². The molecule has 0 heterocycles. The summed E-state index contributed by atoms with van der Waals surface area (Å²) in [6.07, 6.45) is 3.93. The number of nitrogens with one attached hydrogen (secondary N) is 1. The fourth-order valence-electron chi connectivity index (χ4n) is 2.39. The Morgan fingerprint density at radius 3 is 2.10 bits per heavy atom. The summed E-state index contributed by atoms with van der Waals surface area (Å²) in [6.45, 7) is 2.20. The van der Waals surface area contributed by atoms with Crippen LogP contribution in [0.1, 0.15) is 25.3 Å². The highest BCUT2D eigenvalue weighted by Crippen LogP contribution is 2.28. The van der Waals surface area contributed by atoms with E-state index in [0.717, 1.165) is 12.2 Å². The predicted octanol–water partition coefficient (Wildman–Crippen LogP) is 4.05. The van der Waals surface area contributed by atoms with E-state index in [2.05, 4.69) is 60.8 Å². The van der Waals surface area contributed by atoms with Crippen LogP contribution in [-0.4, -0.2) is 19.2 Å². The Bertz CT molecular complexity index is 570. The molecule has 1 atom stereocenters. The first kappa shape index (κ1) is 14.2. The minimum atomic E-state index is 0.462. The van der Waals surface area contributed by atoms with Gasteiger partial charge in [0.25, 0.3) is 0 Å². The SMILES string of the molecule is CNC(C)Cc1ccc(-c2ccc(OC3CC3)cc2)cc1. The second-order valence-electron chi connectivity index (χ2n) is 5.93. The van der Waals surface area contributed by atoms with Crippen LogP contribution in [-0.2, 0) is 6.42 Å². The molecule has 0 aromatic heterocycles. The number of ether oxygens (including phenoxy) is 1. The molecule has 0 spiro atoms. The van der Waals surface area contributed by atoms with E-state index >= 15 is 0 Å². The van der Waals surface area contributed by atoms with Gasteiger partial charge in [-0.15, -0.1) is 0 Å². The van der Waals surface area contributed by atoms with Crippen molar-refractivity contribution in [2.45, 2.75) is 38.3 Å². The van der Waals surface area contributed by atoms with Crippen molar-refractivity contribution in [2.75, 3.05) is 7.05 Å². The molecule has 1 aliphatic rings. The molecule has 0 aliphatic heterocycles. The van der Waals surface area contributed by atoms with Crippen LogP contribution >= 0.6 is 0 Å². The molecule has 0 radical (unpaired) electrons. The zero-order valence-electron chi connectivity index (χ0n) is 12.8. The molecular weight excluding hydrogens is 258 g/mol. The van der Waals surface area contributed by atoms with Crippen LogP contribution < -0.4 is 10.1 Å². The number of benzene rings is 2. The van der Waals surface area contributed by atoms with Crippen LogP contribution in [0, 0.1) is 0 Å². The minimum absolute atomic E-state index is 0.462. The van der Waals surface area contributed by atoms with Crippen molar-refractivity contribution in [2.24, 2.45) is 0 Å². The Kier molecular flexibility index (Phi) is 4.26. The number of hydrogen-bond donors (Lipinski definition) is 1. The highest BCUT2D eigenvalue weighted by Gasteiger charge is 2.23. The van der Waals surface area contributed by atoms with Gasteiger partial charge in [0.15, 0.2) is 0 Å². The van der Waals surface area contributed by atoms with Crippen molar-refractivity contribution < 1.29 is 4.74 Å². The third-order valence-electron chi connectivity index (χ3n) is 4.00. The van der Waals surface area contributed by atoms with Crippen molar-refractivity contribution in [1.29, 1.82) is 0 Å². The molecule has 3 rings (SSSR count). The van der Waals surface area contributed by atoms with E-state index in [1.54, 1.807) is 0 Å². The highest BCUT2D eigenvalue weighted by molar-refractivity contribution is 5.64. The summed E-state index contributed by atoms with van der Waals surface area (Å²) >= 11 is 0. The smallest absolute Gasteiger partial charge is 0.119 e. The Morgan fingerprint density at radius 1 is 1.00 bits per heavy atom. The average molecular weight is 281 g/mol. The third-order valence-corrected chi connectivity index (χ3v) is 4.00. The van der Waals surface area contributed by atoms with Gasteiger partial charge >= 0.3 is 0 Å². The van der Waals surface area contributed by atoms with Gasteiger partial charge < -0.3 is 10.1 Å². The van der Waals surface area contributed by atoms with E-state index in [1.807, 2.05) is 7.05 Å². The molecule has 2 aromatic carbocycles. The molecule has 2 nitrogen and oxygen atoms in total. The maximum absolute atomic E-state index is 5.78. The second kappa shape index (κ2) is 6.31. The number of likely N-dealkylation sites (N-methyl/N-ethyl adjacent to an activating group) is 1. The van der Waals surface area contributed by atoms with Crippen molar-refractivity contribution >= 4 is 0 Å². The second-order valence-corrected chi connectivity index (χ2v) is 5.93. The number of hydrogen-bond acceptors (Lipinski definition) is 2. The summed E-state index contributed by atoms with van der Waals surface area (Å²) in [7, 11) is 2.00. The van der Waals surface area contributed by atoms with E-state index in [9.17, 15) is 0 Å². The minimum Gasteiger partial charge on any atom is -0.490 e. The van der Waals surface area contributed by atoms with Gasteiger partial charge in [0.05, 0.1) is 6.10 Å². The van der Waals surface area contributed by atoms with Crippen molar-refractivity contribution in [3.63, 3.8) is 0 Å². The van der Waals surface area contributed by atoms with Gasteiger partial charge in [-0.05, 0) is 62.1 Å². The topological polar surface area (TPSA) is 21.3 Å². The summed E-state index contributed by atoms with van der Waals surface area (Å²) in [6, 6.07) is 17.8. The Labute approximate surface area is 127 Å². The van der Waals surface area contributed by atoms with Gasteiger partial charge in [0.2, 0.25) is 0 Å². The lowest BCUT2D eigenvalue weighted by molar-refractivity contribution is 0.303. The van der Waals surface area contributed by atoms with Gasteiger partial charge in [0, 0.05) is 6.04 Å². The zero-order chi connectivity index (χ0) is 14.7. The summed E-state index contributed by atoms with van der Waals surface area (Å²) in [5.41, 5.74) is 3.87.